The normalized spacial score (nSPS) is 8.64. The van der Waals surface area contributed by atoms with Crippen molar-refractivity contribution >= 4 is 49.7 Å². The number of hydrogen-bond donors (Lipinski definition) is 1. The Morgan fingerprint density at radius 3 is 2.50 bits per heavy atom. The third-order valence-corrected chi connectivity index (χ3v) is 1.42. The molecule has 0 unspecified atom stereocenters. The third kappa shape index (κ3) is 4.03. The average molecular weight is 413 g/mol. The number of rotatable bonds is 1. The van der Waals surface area contributed by atoms with Crippen molar-refractivity contribution in [2.45, 2.75) is 0 Å². The first-order chi connectivity index (χ1) is 6.09. The first-order valence-corrected chi connectivity index (χ1v) is 3.68. The van der Waals surface area contributed by atoms with Gasteiger partial charge in [0.25, 0.3) is 0 Å². The zero-order valence-electron chi connectivity index (χ0n) is 7.07. The summed E-state index contributed by atoms with van der Waals surface area (Å²) < 4.78 is 4.43. The minimum absolute atomic E-state index is 0. The number of carboxylic acid groups (broad SMARTS) is 1. The van der Waals surface area contributed by atoms with E-state index in [1.54, 1.807) is 12.1 Å². The van der Waals surface area contributed by atoms with E-state index in [1.165, 1.54) is 12.1 Å². The molecule has 0 radical (unpaired) electrons. The Kier molecular flexibility index (Phi) is 5.66. The van der Waals surface area contributed by atoms with Gasteiger partial charge in [-0.2, -0.15) is 0 Å². The van der Waals surface area contributed by atoms with Gasteiger partial charge in [0.1, 0.15) is 5.75 Å². The number of aliphatic carboxylic acids is 1. The summed E-state index contributed by atoms with van der Waals surface area (Å²) in [5.41, 5.74) is 0. The van der Waals surface area contributed by atoms with Crippen molar-refractivity contribution in [3.63, 3.8) is 0 Å². The molecule has 1 N–H and O–H groups in total. The molecule has 0 amide bonds. The second-order valence-electron chi connectivity index (χ2n) is 2.15. The van der Waals surface area contributed by atoms with Gasteiger partial charge in [0.15, 0.2) is 0 Å². The molecule has 0 aliphatic carbocycles. The molecule has 14 heavy (non-hydrogen) atoms. The summed E-state index contributed by atoms with van der Waals surface area (Å²) in [4.78, 5) is 20.6. The van der Waals surface area contributed by atoms with Crippen LogP contribution in [-0.4, -0.2) is 43.2 Å². The number of carbonyl (C=O) groups is 2. The van der Waals surface area contributed by atoms with Crippen molar-refractivity contribution in [3.05, 3.63) is 29.3 Å². The molecule has 1 rings (SSSR count). The molecule has 0 saturated carbocycles. The predicted octanol–water partition coefficient (Wildman–Crippen LogP) is 0.146. The number of halogens is 1. The van der Waals surface area contributed by atoms with E-state index < -0.39 is 11.9 Å². The van der Waals surface area contributed by atoms with Crippen LogP contribution in [0.1, 0.15) is 0 Å². The van der Waals surface area contributed by atoms with Gasteiger partial charge in [-0.05, 0) is 18.2 Å². The molecule has 0 heterocycles. The molecule has 6 heteroatoms. The Balaban J connectivity index is 0.00000169. The van der Waals surface area contributed by atoms with Crippen molar-refractivity contribution in [2.75, 3.05) is 0 Å². The number of benzene rings is 1. The molecule has 0 aromatic heterocycles. The second kappa shape index (κ2) is 5.94. The summed E-state index contributed by atoms with van der Waals surface area (Å²) in [6.07, 6.45) is 0. The number of esters is 1. The fourth-order valence-corrected chi connectivity index (χ4v) is 0.861. The van der Waals surface area contributed by atoms with Crippen LogP contribution in [0, 0.1) is 0 Å². The van der Waals surface area contributed by atoms with Crippen LogP contribution in [0.4, 0.5) is 0 Å². The topological polar surface area (TPSA) is 63.6 Å². The zero-order valence-corrected chi connectivity index (χ0v) is 13.3. The fraction of sp³-hybridized carbons (Fsp3) is 0. The van der Waals surface area contributed by atoms with Crippen LogP contribution in [0.15, 0.2) is 24.3 Å². The van der Waals surface area contributed by atoms with Gasteiger partial charge in [-0.15, -0.1) is 0 Å². The molecule has 0 saturated heterocycles. The fourth-order valence-electron chi connectivity index (χ4n) is 0.681. The maximum absolute atomic E-state index is 10.6. The zero-order chi connectivity index (χ0) is 9.84. The van der Waals surface area contributed by atoms with E-state index in [1.807, 2.05) is 0 Å². The molecule has 0 spiro atoms. The second-order valence-corrected chi connectivity index (χ2v) is 2.59. The van der Waals surface area contributed by atoms with E-state index >= 15 is 0 Å². The molecular formula is C8H8BiClO4. The standard InChI is InChI=1S/C8H5ClO4.Bi.3H/c9-5-2-1-3-6(4-5)13-8(12)7(10)11;;;;/h1-4H,(H,10,11);;;;. The Hall–Kier alpha value is -0.667. The van der Waals surface area contributed by atoms with Gasteiger partial charge < -0.3 is 9.84 Å². The van der Waals surface area contributed by atoms with E-state index in [-0.39, 0.29) is 32.0 Å². The van der Waals surface area contributed by atoms with Gasteiger partial charge in [0.05, 0.1) is 0 Å². The average Bonchev–Trinajstić information content (AvgIpc) is 2.04. The molecule has 4 nitrogen and oxygen atoms in total. The van der Waals surface area contributed by atoms with Crippen molar-refractivity contribution in [1.29, 1.82) is 0 Å². The molecule has 0 atom stereocenters. The molecule has 0 aliphatic heterocycles. The number of ether oxygens (including phenoxy) is 1. The van der Waals surface area contributed by atoms with Crippen LogP contribution in [-0.2, 0) is 9.59 Å². The van der Waals surface area contributed by atoms with E-state index in [9.17, 15) is 9.59 Å². The molecule has 1 aromatic rings. The maximum atomic E-state index is 10.6. The Morgan fingerprint density at radius 1 is 1.36 bits per heavy atom. The van der Waals surface area contributed by atoms with Crippen molar-refractivity contribution in [2.24, 2.45) is 0 Å². The van der Waals surface area contributed by atoms with Crippen LogP contribution >= 0.6 is 11.6 Å². The molecule has 76 valence electrons. The third-order valence-electron chi connectivity index (χ3n) is 1.18. The first-order valence-electron chi connectivity index (χ1n) is 3.30. The van der Waals surface area contributed by atoms with Crippen molar-refractivity contribution < 1.29 is 19.4 Å². The van der Waals surface area contributed by atoms with Crippen molar-refractivity contribution in [1.82, 2.24) is 0 Å². The molecule has 0 bridgehead atoms. The summed E-state index contributed by atoms with van der Waals surface area (Å²) in [5, 5.41) is 8.58. The summed E-state index contributed by atoms with van der Waals surface area (Å²) in [6.45, 7) is 0. The molecule has 1 aromatic carbocycles. The van der Waals surface area contributed by atoms with E-state index in [0.717, 1.165) is 0 Å². The predicted molar refractivity (Wildman–Crippen MR) is 54.7 cm³/mol. The molecule has 0 aliphatic rings. The van der Waals surface area contributed by atoms with Gasteiger partial charge in [0, 0.05) is 5.02 Å². The molecular weight excluding hydrogens is 405 g/mol. The Bertz CT molecular complexity index is 353. The number of carboxylic acids is 1. The quantitative estimate of drug-likeness (QED) is 0.309. The van der Waals surface area contributed by atoms with Crippen LogP contribution in [0.25, 0.3) is 0 Å². The monoisotopic (exact) mass is 412 g/mol. The summed E-state index contributed by atoms with van der Waals surface area (Å²) in [7, 11) is 0. The van der Waals surface area contributed by atoms with Gasteiger partial charge in [-0.1, -0.05) is 17.7 Å². The molecule has 0 fully saturated rings. The van der Waals surface area contributed by atoms with Gasteiger partial charge >= 0.3 is 38.1 Å². The van der Waals surface area contributed by atoms with Gasteiger partial charge in [-0.3, -0.25) is 0 Å². The number of carbonyl (C=O) groups excluding carboxylic acids is 1. The van der Waals surface area contributed by atoms with E-state index in [4.69, 9.17) is 16.7 Å². The summed E-state index contributed by atoms with van der Waals surface area (Å²) in [6, 6.07) is 5.92. The summed E-state index contributed by atoms with van der Waals surface area (Å²) in [5.74, 6) is -2.86. The first kappa shape index (κ1) is 13.3. The van der Waals surface area contributed by atoms with E-state index in [2.05, 4.69) is 4.74 Å². The van der Waals surface area contributed by atoms with Crippen molar-refractivity contribution in [3.8, 4) is 5.75 Å². The van der Waals surface area contributed by atoms with Gasteiger partial charge in [-0.25, -0.2) is 9.59 Å². The Morgan fingerprint density at radius 2 is 2.00 bits per heavy atom. The Labute approximate surface area is 104 Å². The van der Waals surface area contributed by atoms with Crippen LogP contribution in [0.2, 0.25) is 5.02 Å². The van der Waals surface area contributed by atoms with Gasteiger partial charge in [0.2, 0.25) is 0 Å². The SMILES string of the molecule is O=C(O)C(=O)Oc1cccc(Cl)c1.[BiH3]. The van der Waals surface area contributed by atoms with Crippen LogP contribution in [0.5, 0.6) is 5.75 Å². The van der Waals surface area contributed by atoms with Crippen LogP contribution < -0.4 is 4.74 Å². The van der Waals surface area contributed by atoms with E-state index in [0.29, 0.717) is 5.02 Å². The summed E-state index contributed by atoms with van der Waals surface area (Å²) >= 11 is 5.57. The minimum atomic E-state index is -1.64. The van der Waals surface area contributed by atoms with Crippen LogP contribution in [0.3, 0.4) is 0 Å². The number of hydrogen-bond acceptors (Lipinski definition) is 3.